The van der Waals surface area contributed by atoms with Crippen molar-refractivity contribution in [3.63, 3.8) is 0 Å². The van der Waals surface area contributed by atoms with Gasteiger partial charge in [-0.15, -0.1) is 0 Å². The number of hydrogen-bond donors (Lipinski definition) is 1. The Kier molecular flexibility index (Phi) is 3.86. The second kappa shape index (κ2) is 5.95. The summed E-state index contributed by atoms with van der Waals surface area (Å²) in [6, 6.07) is 14.2. The molecule has 1 saturated heterocycles. The van der Waals surface area contributed by atoms with Gasteiger partial charge in [0.1, 0.15) is 0 Å². The monoisotopic (exact) mass is 282 g/mol. The number of hydrogen-bond acceptors (Lipinski definition) is 2. The van der Waals surface area contributed by atoms with Crippen molar-refractivity contribution in [2.75, 3.05) is 19.6 Å². The number of amides is 2. The zero-order valence-corrected chi connectivity index (χ0v) is 11.8. The molecule has 0 bridgehead atoms. The van der Waals surface area contributed by atoms with Crippen LogP contribution in [0.25, 0.3) is 10.8 Å². The molecule has 4 nitrogen and oxygen atoms in total. The highest BCUT2D eigenvalue weighted by Gasteiger charge is 2.19. The summed E-state index contributed by atoms with van der Waals surface area (Å²) in [6.45, 7) is 1.47. The molecular weight excluding hydrogens is 264 g/mol. The number of nitrogens with one attached hydrogen (secondary N) is 1. The van der Waals surface area contributed by atoms with Crippen molar-refractivity contribution >= 4 is 22.6 Å². The van der Waals surface area contributed by atoms with Gasteiger partial charge in [0.25, 0.3) is 0 Å². The van der Waals surface area contributed by atoms with Gasteiger partial charge in [-0.25, -0.2) is 0 Å². The standard InChI is InChI=1S/C17H18N2O2/c20-16-12-19(9-3-8-18-16)17(21)11-13-6-7-14-4-1-2-5-15(14)10-13/h1-2,4-7,10H,3,8-9,11-12H2,(H,18,20). The van der Waals surface area contributed by atoms with Gasteiger partial charge in [0.05, 0.1) is 13.0 Å². The van der Waals surface area contributed by atoms with Gasteiger partial charge in [0.2, 0.25) is 11.8 Å². The first-order chi connectivity index (χ1) is 10.2. The molecule has 2 aromatic carbocycles. The Morgan fingerprint density at radius 3 is 2.81 bits per heavy atom. The highest BCUT2D eigenvalue weighted by atomic mass is 16.2. The van der Waals surface area contributed by atoms with E-state index in [1.54, 1.807) is 4.90 Å². The van der Waals surface area contributed by atoms with E-state index in [0.717, 1.165) is 17.4 Å². The Hall–Kier alpha value is -2.36. The van der Waals surface area contributed by atoms with Crippen LogP contribution in [0, 0.1) is 0 Å². The lowest BCUT2D eigenvalue weighted by molar-refractivity contribution is -0.134. The third-order valence-electron chi connectivity index (χ3n) is 3.78. The van der Waals surface area contributed by atoms with Crippen LogP contribution in [0.15, 0.2) is 42.5 Å². The lowest BCUT2D eigenvalue weighted by Crippen LogP contribution is -2.38. The van der Waals surface area contributed by atoms with E-state index in [0.29, 0.717) is 19.5 Å². The van der Waals surface area contributed by atoms with Gasteiger partial charge in [0.15, 0.2) is 0 Å². The van der Waals surface area contributed by atoms with Gasteiger partial charge in [-0.3, -0.25) is 9.59 Å². The molecule has 0 aliphatic carbocycles. The van der Waals surface area contributed by atoms with Crippen LogP contribution in [0.4, 0.5) is 0 Å². The van der Waals surface area contributed by atoms with E-state index in [9.17, 15) is 9.59 Å². The van der Waals surface area contributed by atoms with Crippen LogP contribution in [-0.4, -0.2) is 36.3 Å². The lowest BCUT2D eigenvalue weighted by Gasteiger charge is -2.19. The normalized spacial score (nSPS) is 15.6. The second-order valence-corrected chi connectivity index (χ2v) is 5.38. The molecule has 1 aliphatic heterocycles. The predicted octanol–water partition coefficient (Wildman–Crippen LogP) is 1.73. The van der Waals surface area contributed by atoms with Crippen molar-refractivity contribution < 1.29 is 9.59 Å². The number of carbonyl (C=O) groups excluding carboxylic acids is 2. The van der Waals surface area contributed by atoms with E-state index >= 15 is 0 Å². The third-order valence-corrected chi connectivity index (χ3v) is 3.78. The van der Waals surface area contributed by atoms with E-state index < -0.39 is 0 Å². The molecular formula is C17H18N2O2. The number of nitrogens with zero attached hydrogens (tertiary/aromatic N) is 1. The number of carbonyl (C=O) groups is 2. The van der Waals surface area contributed by atoms with Gasteiger partial charge in [-0.2, -0.15) is 0 Å². The summed E-state index contributed by atoms with van der Waals surface area (Å²) < 4.78 is 0. The maximum Gasteiger partial charge on any atom is 0.239 e. The van der Waals surface area contributed by atoms with Gasteiger partial charge in [0, 0.05) is 13.1 Å². The summed E-state index contributed by atoms with van der Waals surface area (Å²) in [7, 11) is 0. The summed E-state index contributed by atoms with van der Waals surface area (Å²) in [4.78, 5) is 25.5. The third kappa shape index (κ3) is 3.21. The van der Waals surface area contributed by atoms with E-state index in [1.165, 1.54) is 5.39 Å². The molecule has 0 spiro atoms. The average Bonchev–Trinajstić information content (AvgIpc) is 2.72. The van der Waals surface area contributed by atoms with Gasteiger partial charge in [-0.1, -0.05) is 42.5 Å². The number of rotatable bonds is 2. The molecule has 0 radical (unpaired) electrons. The van der Waals surface area contributed by atoms with Crippen molar-refractivity contribution in [2.45, 2.75) is 12.8 Å². The van der Waals surface area contributed by atoms with Crippen LogP contribution in [0.5, 0.6) is 0 Å². The predicted molar refractivity (Wildman–Crippen MR) is 81.9 cm³/mol. The number of benzene rings is 2. The Labute approximate surface area is 123 Å². The molecule has 0 unspecified atom stereocenters. The molecule has 4 heteroatoms. The fourth-order valence-corrected chi connectivity index (χ4v) is 2.65. The Bertz CT molecular complexity index is 681. The molecule has 2 aromatic rings. The van der Waals surface area contributed by atoms with E-state index in [2.05, 4.69) is 11.4 Å². The van der Waals surface area contributed by atoms with Crippen molar-refractivity contribution in [2.24, 2.45) is 0 Å². The SMILES string of the molecule is O=C1CN(C(=O)Cc2ccc3ccccc3c2)CCCN1. The molecule has 1 N–H and O–H groups in total. The summed E-state index contributed by atoms with van der Waals surface area (Å²) in [5, 5.41) is 5.09. The van der Waals surface area contributed by atoms with Crippen LogP contribution in [0.1, 0.15) is 12.0 Å². The first-order valence-electron chi connectivity index (χ1n) is 7.24. The van der Waals surface area contributed by atoms with Gasteiger partial charge >= 0.3 is 0 Å². The first kappa shape index (κ1) is 13.6. The minimum absolute atomic E-state index is 0.0160. The van der Waals surface area contributed by atoms with E-state index in [1.807, 2.05) is 36.4 Å². The van der Waals surface area contributed by atoms with Crippen LogP contribution in [0.3, 0.4) is 0 Å². The van der Waals surface area contributed by atoms with Crippen molar-refractivity contribution in [3.8, 4) is 0 Å². The molecule has 2 amide bonds. The van der Waals surface area contributed by atoms with Gasteiger partial charge < -0.3 is 10.2 Å². The highest BCUT2D eigenvalue weighted by molar-refractivity contribution is 5.88. The van der Waals surface area contributed by atoms with E-state index in [4.69, 9.17) is 0 Å². The molecule has 0 saturated carbocycles. The largest absolute Gasteiger partial charge is 0.354 e. The lowest BCUT2D eigenvalue weighted by atomic mass is 10.0. The quantitative estimate of drug-likeness (QED) is 0.912. The Morgan fingerprint density at radius 2 is 1.95 bits per heavy atom. The minimum atomic E-state index is -0.0700. The van der Waals surface area contributed by atoms with Crippen LogP contribution >= 0.6 is 0 Å². The van der Waals surface area contributed by atoms with Crippen molar-refractivity contribution in [1.82, 2.24) is 10.2 Å². The average molecular weight is 282 g/mol. The summed E-state index contributed by atoms with van der Waals surface area (Å²) in [5.74, 6) is -0.0540. The van der Waals surface area contributed by atoms with Crippen LogP contribution in [0.2, 0.25) is 0 Å². The van der Waals surface area contributed by atoms with Crippen LogP contribution < -0.4 is 5.32 Å². The fourth-order valence-electron chi connectivity index (χ4n) is 2.65. The Balaban J connectivity index is 1.74. The fraction of sp³-hybridized carbons (Fsp3) is 0.294. The minimum Gasteiger partial charge on any atom is -0.354 e. The molecule has 0 aromatic heterocycles. The molecule has 1 fully saturated rings. The highest BCUT2D eigenvalue weighted by Crippen LogP contribution is 2.16. The smallest absolute Gasteiger partial charge is 0.239 e. The number of fused-ring (bicyclic) bond motifs is 1. The van der Waals surface area contributed by atoms with E-state index in [-0.39, 0.29) is 18.4 Å². The topological polar surface area (TPSA) is 49.4 Å². The summed E-state index contributed by atoms with van der Waals surface area (Å²) >= 11 is 0. The molecule has 108 valence electrons. The van der Waals surface area contributed by atoms with Gasteiger partial charge in [-0.05, 0) is 22.8 Å². The maximum atomic E-state index is 12.3. The van der Waals surface area contributed by atoms with Crippen molar-refractivity contribution in [3.05, 3.63) is 48.0 Å². The zero-order chi connectivity index (χ0) is 14.7. The van der Waals surface area contributed by atoms with Crippen molar-refractivity contribution in [1.29, 1.82) is 0 Å². The molecule has 21 heavy (non-hydrogen) atoms. The molecule has 1 heterocycles. The summed E-state index contributed by atoms with van der Waals surface area (Å²) in [5.41, 5.74) is 0.989. The van der Waals surface area contributed by atoms with Crippen LogP contribution in [-0.2, 0) is 16.0 Å². The second-order valence-electron chi connectivity index (χ2n) is 5.38. The maximum absolute atomic E-state index is 12.3. The molecule has 1 aliphatic rings. The zero-order valence-electron chi connectivity index (χ0n) is 11.8. The first-order valence-corrected chi connectivity index (χ1v) is 7.24. The molecule has 3 rings (SSSR count). The Morgan fingerprint density at radius 1 is 1.14 bits per heavy atom. The summed E-state index contributed by atoms with van der Waals surface area (Å²) in [6.07, 6.45) is 1.16. The molecule has 0 atom stereocenters.